The summed E-state index contributed by atoms with van der Waals surface area (Å²) in [5.41, 5.74) is 2.83. The Balaban J connectivity index is 1.69. The Morgan fingerprint density at radius 2 is 1.40 bits per heavy atom. The molecule has 220 valence electrons. The molecule has 0 saturated carbocycles. The number of carbonyl (C=O) groups excluding carboxylic acids is 5. The van der Waals surface area contributed by atoms with Gasteiger partial charge in [0.1, 0.15) is 0 Å². The minimum absolute atomic E-state index is 0.0191. The van der Waals surface area contributed by atoms with Crippen LogP contribution in [-0.4, -0.2) is 35.1 Å². The highest BCUT2D eigenvalue weighted by atomic mass is 35.5. The molecule has 0 aliphatic rings. The van der Waals surface area contributed by atoms with E-state index < -0.39 is 35.4 Å². The molecule has 3 rings (SSSR count). The first kappa shape index (κ1) is 32.6. The van der Waals surface area contributed by atoms with Crippen molar-refractivity contribution in [2.75, 3.05) is 0 Å². The van der Waals surface area contributed by atoms with Gasteiger partial charge in [0.25, 0.3) is 0 Å². The van der Waals surface area contributed by atoms with Crippen molar-refractivity contribution in [2.45, 2.75) is 59.4 Å². The first-order chi connectivity index (χ1) is 20.0. The lowest BCUT2D eigenvalue weighted by atomic mass is 9.83. The lowest BCUT2D eigenvalue weighted by molar-refractivity contribution is -0.141. The number of hydrogen-bond acceptors (Lipinski definition) is 5. The van der Waals surface area contributed by atoms with Crippen LogP contribution in [0.15, 0.2) is 78.9 Å². The second kappa shape index (κ2) is 15.4. The molecule has 3 aromatic rings. The SMILES string of the molecule is Cc1cccc(Cl)c1CC(=O)C(=O)[C@@H](CC(=O)[C@H](C)NC(=O)[C@@H](CC(=O)c1ccccc1)Cc1ccccc1)C(C)C. The van der Waals surface area contributed by atoms with Crippen molar-refractivity contribution in [2.24, 2.45) is 17.8 Å². The Kier molecular flexibility index (Phi) is 11.9. The van der Waals surface area contributed by atoms with Crippen LogP contribution >= 0.6 is 11.6 Å². The largest absolute Gasteiger partial charge is 0.346 e. The van der Waals surface area contributed by atoms with Crippen LogP contribution < -0.4 is 5.32 Å². The molecule has 0 bridgehead atoms. The van der Waals surface area contributed by atoms with Crippen molar-refractivity contribution in [3.8, 4) is 0 Å². The van der Waals surface area contributed by atoms with Gasteiger partial charge in [-0.15, -0.1) is 0 Å². The van der Waals surface area contributed by atoms with E-state index in [1.54, 1.807) is 57.2 Å². The average Bonchev–Trinajstić information content (AvgIpc) is 2.97. The molecule has 0 aromatic heterocycles. The summed E-state index contributed by atoms with van der Waals surface area (Å²) in [5, 5.41) is 3.19. The van der Waals surface area contributed by atoms with Gasteiger partial charge in [-0.2, -0.15) is 0 Å². The van der Waals surface area contributed by atoms with Crippen LogP contribution in [0.2, 0.25) is 5.02 Å². The Hall–Kier alpha value is -3.90. The molecule has 7 heteroatoms. The van der Waals surface area contributed by atoms with E-state index in [0.29, 0.717) is 22.6 Å². The van der Waals surface area contributed by atoms with Crippen molar-refractivity contribution in [3.05, 3.63) is 106 Å². The Labute approximate surface area is 252 Å². The van der Waals surface area contributed by atoms with Crippen LogP contribution in [0.3, 0.4) is 0 Å². The van der Waals surface area contributed by atoms with Crippen molar-refractivity contribution in [1.82, 2.24) is 5.32 Å². The predicted octanol–water partition coefficient (Wildman–Crippen LogP) is 6.20. The van der Waals surface area contributed by atoms with E-state index in [1.165, 1.54) is 0 Å². The van der Waals surface area contributed by atoms with Crippen LogP contribution in [0.1, 0.15) is 60.7 Å². The third kappa shape index (κ3) is 9.05. The molecule has 0 saturated heterocycles. The fourth-order valence-corrected chi connectivity index (χ4v) is 5.19. The van der Waals surface area contributed by atoms with E-state index in [1.807, 2.05) is 49.4 Å². The van der Waals surface area contributed by atoms with Gasteiger partial charge in [0, 0.05) is 41.7 Å². The predicted molar refractivity (Wildman–Crippen MR) is 164 cm³/mol. The molecule has 3 atom stereocenters. The van der Waals surface area contributed by atoms with Gasteiger partial charge < -0.3 is 5.32 Å². The number of hydrogen-bond donors (Lipinski definition) is 1. The zero-order chi connectivity index (χ0) is 30.8. The highest BCUT2D eigenvalue weighted by molar-refractivity contribution is 6.39. The smallest absolute Gasteiger partial charge is 0.224 e. The first-order valence-corrected chi connectivity index (χ1v) is 14.6. The molecule has 42 heavy (non-hydrogen) atoms. The second-order valence-electron chi connectivity index (χ2n) is 11.1. The topological polar surface area (TPSA) is 97.4 Å². The molecule has 0 radical (unpaired) electrons. The number of amides is 1. The molecule has 0 spiro atoms. The number of aryl methyl sites for hydroxylation is 1. The monoisotopic (exact) mass is 587 g/mol. The van der Waals surface area contributed by atoms with Crippen LogP contribution in [0.25, 0.3) is 0 Å². The minimum atomic E-state index is -0.905. The number of ketones is 4. The number of nitrogens with one attached hydrogen (secondary N) is 1. The Bertz CT molecular complexity index is 1400. The summed E-state index contributed by atoms with van der Waals surface area (Å²) < 4.78 is 0. The number of Topliss-reactive ketones (excluding diaryl/α,β-unsaturated/α-hetero) is 4. The highest BCUT2D eigenvalue weighted by Crippen LogP contribution is 2.24. The third-order valence-corrected chi connectivity index (χ3v) is 7.95. The van der Waals surface area contributed by atoms with Crippen molar-refractivity contribution < 1.29 is 24.0 Å². The fourth-order valence-electron chi connectivity index (χ4n) is 4.90. The summed E-state index contributed by atoms with van der Waals surface area (Å²) in [4.78, 5) is 65.8. The normalized spacial score (nSPS) is 13.2. The molecule has 0 aliphatic carbocycles. The van der Waals surface area contributed by atoms with Gasteiger partial charge in [0.2, 0.25) is 17.5 Å². The third-order valence-electron chi connectivity index (χ3n) is 7.59. The van der Waals surface area contributed by atoms with E-state index in [9.17, 15) is 24.0 Å². The number of rotatable bonds is 15. The van der Waals surface area contributed by atoms with Gasteiger partial charge in [-0.1, -0.05) is 98.2 Å². The van der Waals surface area contributed by atoms with Crippen molar-refractivity contribution in [3.63, 3.8) is 0 Å². The van der Waals surface area contributed by atoms with E-state index in [4.69, 9.17) is 11.6 Å². The second-order valence-corrected chi connectivity index (χ2v) is 11.5. The Morgan fingerprint density at radius 3 is 2.00 bits per heavy atom. The first-order valence-electron chi connectivity index (χ1n) is 14.2. The van der Waals surface area contributed by atoms with E-state index in [0.717, 1.165) is 11.1 Å². The zero-order valence-corrected chi connectivity index (χ0v) is 25.3. The number of benzene rings is 3. The lowest BCUT2D eigenvalue weighted by Gasteiger charge is -2.23. The molecule has 1 N–H and O–H groups in total. The van der Waals surface area contributed by atoms with Gasteiger partial charge in [-0.3, -0.25) is 24.0 Å². The molecule has 0 fully saturated rings. The summed E-state index contributed by atoms with van der Waals surface area (Å²) in [5.74, 6) is -3.95. The molecule has 0 unspecified atom stereocenters. The summed E-state index contributed by atoms with van der Waals surface area (Å²) in [6.45, 7) is 6.97. The summed E-state index contributed by atoms with van der Waals surface area (Å²) >= 11 is 6.26. The van der Waals surface area contributed by atoms with Gasteiger partial charge >= 0.3 is 0 Å². The van der Waals surface area contributed by atoms with E-state index in [2.05, 4.69) is 5.32 Å². The molecule has 1 amide bonds. The van der Waals surface area contributed by atoms with Crippen LogP contribution in [0, 0.1) is 24.7 Å². The number of carbonyl (C=O) groups is 5. The standard InChI is InChI=1S/C35H38ClNO5/c1-22(2)28(34(41)33(40)21-29-23(3)12-11-17-30(29)36)20-31(38)24(4)37-35(42)27(18-25-13-7-5-8-14-25)19-32(39)26-15-9-6-10-16-26/h5-17,22,24,27-28H,18-21H2,1-4H3,(H,37,42)/t24-,27+,28-/m0/s1. The molecular weight excluding hydrogens is 550 g/mol. The van der Waals surface area contributed by atoms with Crippen molar-refractivity contribution >= 4 is 40.6 Å². The Morgan fingerprint density at radius 1 is 0.786 bits per heavy atom. The van der Waals surface area contributed by atoms with Crippen LogP contribution in [0.5, 0.6) is 0 Å². The minimum Gasteiger partial charge on any atom is -0.346 e. The van der Waals surface area contributed by atoms with Gasteiger partial charge in [-0.25, -0.2) is 0 Å². The fraction of sp³-hybridized carbons (Fsp3) is 0.343. The summed E-state index contributed by atoms with van der Waals surface area (Å²) in [7, 11) is 0. The van der Waals surface area contributed by atoms with Crippen LogP contribution in [0.4, 0.5) is 0 Å². The quantitative estimate of drug-likeness (QED) is 0.169. The average molecular weight is 588 g/mol. The zero-order valence-electron chi connectivity index (χ0n) is 24.6. The van der Waals surface area contributed by atoms with Gasteiger partial charge in [-0.05, 0) is 48.9 Å². The molecule has 0 aliphatic heterocycles. The molecule has 6 nitrogen and oxygen atoms in total. The maximum absolute atomic E-state index is 13.4. The van der Waals surface area contributed by atoms with Gasteiger partial charge in [0.15, 0.2) is 11.6 Å². The highest BCUT2D eigenvalue weighted by Gasteiger charge is 2.33. The van der Waals surface area contributed by atoms with Gasteiger partial charge in [0.05, 0.1) is 6.04 Å². The molecular formula is C35H38ClNO5. The lowest BCUT2D eigenvalue weighted by Crippen LogP contribution is -2.44. The molecule has 0 heterocycles. The maximum atomic E-state index is 13.4. The summed E-state index contributed by atoms with van der Waals surface area (Å²) in [6, 6.07) is 22.5. The van der Waals surface area contributed by atoms with Crippen LogP contribution in [-0.2, 0) is 32.0 Å². The summed E-state index contributed by atoms with van der Waals surface area (Å²) in [6.07, 6.45) is -0.00785. The van der Waals surface area contributed by atoms with Crippen molar-refractivity contribution in [1.29, 1.82) is 0 Å². The molecule has 3 aromatic carbocycles. The number of halogens is 1. The van der Waals surface area contributed by atoms with E-state index >= 15 is 0 Å². The van der Waals surface area contributed by atoms with E-state index in [-0.39, 0.29) is 36.7 Å². The maximum Gasteiger partial charge on any atom is 0.224 e.